The summed E-state index contributed by atoms with van der Waals surface area (Å²) in [6.45, 7) is 4.17. The smallest absolute Gasteiger partial charge is 0.358 e. The van der Waals surface area contributed by atoms with Crippen LogP contribution < -0.4 is 5.32 Å². The number of nitrogens with one attached hydrogen (secondary N) is 1. The summed E-state index contributed by atoms with van der Waals surface area (Å²) in [5, 5.41) is 14.0. The summed E-state index contributed by atoms with van der Waals surface area (Å²) in [4.78, 5) is 14.2. The van der Waals surface area contributed by atoms with Crippen molar-refractivity contribution < 1.29 is 4.92 Å². The SMILES string of the molecule is CNC(Cc1c([N+](=O)[O-])ncn1C)C(C)C. The first-order valence-corrected chi connectivity index (χ1v) is 5.29. The second kappa shape index (κ2) is 5.07. The van der Waals surface area contributed by atoms with Gasteiger partial charge in [0.15, 0.2) is 0 Å². The average molecular weight is 226 g/mol. The van der Waals surface area contributed by atoms with Crippen molar-refractivity contribution in [1.29, 1.82) is 0 Å². The highest BCUT2D eigenvalue weighted by molar-refractivity contribution is 5.27. The van der Waals surface area contributed by atoms with Crippen LogP contribution in [0.3, 0.4) is 0 Å². The molecular formula is C10H18N4O2. The van der Waals surface area contributed by atoms with Crippen LogP contribution in [0.15, 0.2) is 6.33 Å². The molecule has 1 heterocycles. The number of nitro groups is 1. The van der Waals surface area contributed by atoms with E-state index in [4.69, 9.17) is 0 Å². The lowest BCUT2D eigenvalue weighted by atomic mass is 9.99. The molecule has 1 N–H and O–H groups in total. The fraction of sp³-hybridized carbons (Fsp3) is 0.700. The molecule has 6 heteroatoms. The largest absolute Gasteiger partial charge is 0.384 e. The molecule has 1 rings (SSSR count). The first-order chi connectivity index (χ1) is 7.47. The van der Waals surface area contributed by atoms with Gasteiger partial charge in [0.05, 0.1) is 0 Å². The van der Waals surface area contributed by atoms with E-state index in [1.165, 1.54) is 6.33 Å². The molecule has 1 aromatic heterocycles. The van der Waals surface area contributed by atoms with E-state index in [-0.39, 0.29) is 11.9 Å². The van der Waals surface area contributed by atoms with Crippen molar-refractivity contribution in [3.63, 3.8) is 0 Å². The molecular weight excluding hydrogens is 208 g/mol. The molecule has 16 heavy (non-hydrogen) atoms. The summed E-state index contributed by atoms with van der Waals surface area (Å²) in [5.74, 6) is 0.378. The van der Waals surface area contributed by atoms with Gasteiger partial charge >= 0.3 is 5.82 Å². The predicted octanol–water partition coefficient (Wildman–Crippen LogP) is 1.11. The molecule has 0 radical (unpaired) electrons. The molecule has 1 unspecified atom stereocenters. The Bertz CT molecular complexity index is 373. The van der Waals surface area contributed by atoms with Crippen molar-refractivity contribution in [3.8, 4) is 0 Å². The molecule has 90 valence electrons. The Labute approximate surface area is 94.8 Å². The summed E-state index contributed by atoms with van der Waals surface area (Å²) in [6.07, 6.45) is 2.10. The third-order valence-electron chi connectivity index (χ3n) is 2.80. The van der Waals surface area contributed by atoms with Crippen molar-refractivity contribution in [2.45, 2.75) is 26.3 Å². The van der Waals surface area contributed by atoms with E-state index < -0.39 is 4.92 Å². The Morgan fingerprint density at radius 1 is 1.62 bits per heavy atom. The molecule has 0 aliphatic carbocycles. The topological polar surface area (TPSA) is 73.0 Å². The Morgan fingerprint density at radius 3 is 2.69 bits per heavy atom. The van der Waals surface area contributed by atoms with Crippen LogP contribution in [0.25, 0.3) is 0 Å². The number of rotatable bonds is 5. The van der Waals surface area contributed by atoms with E-state index in [1.807, 2.05) is 7.05 Å². The number of aryl methyl sites for hydroxylation is 1. The monoisotopic (exact) mass is 226 g/mol. The minimum Gasteiger partial charge on any atom is -0.358 e. The third-order valence-corrected chi connectivity index (χ3v) is 2.80. The van der Waals surface area contributed by atoms with Crippen LogP contribution >= 0.6 is 0 Å². The van der Waals surface area contributed by atoms with Gasteiger partial charge in [0, 0.05) is 19.5 Å². The lowest BCUT2D eigenvalue weighted by Crippen LogP contribution is -2.33. The maximum absolute atomic E-state index is 10.8. The van der Waals surface area contributed by atoms with Gasteiger partial charge in [-0.1, -0.05) is 13.8 Å². The molecule has 0 saturated carbocycles. The Kier molecular flexibility index (Phi) is 4.00. The van der Waals surface area contributed by atoms with Crippen LogP contribution in [0.2, 0.25) is 0 Å². The van der Waals surface area contributed by atoms with Crippen LogP contribution in [-0.2, 0) is 13.5 Å². The molecule has 0 bridgehead atoms. The van der Waals surface area contributed by atoms with Gasteiger partial charge in [0.25, 0.3) is 0 Å². The summed E-state index contributed by atoms with van der Waals surface area (Å²) >= 11 is 0. The molecule has 0 spiro atoms. The quantitative estimate of drug-likeness (QED) is 0.603. The van der Waals surface area contributed by atoms with Gasteiger partial charge in [-0.2, -0.15) is 0 Å². The van der Waals surface area contributed by atoms with E-state index in [0.29, 0.717) is 18.0 Å². The highest BCUT2D eigenvalue weighted by Crippen LogP contribution is 2.19. The lowest BCUT2D eigenvalue weighted by molar-refractivity contribution is -0.390. The van der Waals surface area contributed by atoms with Crippen LogP contribution in [0.4, 0.5) is 5.82 Å². The van der Waals surface area contributed by atoms with Crippen molar-refractivity contribution in [2.75, 3.05) is 7.05 Å². The van der Waals surface area contributed by atoms with E-state index in [9.17, 15) is 10.1 Å². The van der Waals surface area contributed by atoms with E-state index >= 15 is 0 Å². The number of imidazole rings is 1. The highest BCUT2D eigenvalue weighted by Gasteiger charge is 2.23. The first-order valence-electron chi connectivity index (χ1n) is 5.29. The lowest BCUT2D eigenvalue weighted by Gasteiger charge is -2.19. The minimum atomic E-state index is -0.428. The van der Waals surface area contributed by atoms with Crippen LogP contribution in [0, 0.1) is 16.0 Å². The Morgan fingerprint density at radius 2 is 2.25 bits per heavy atom. The van der Waals surface area contributed by atoms with Crippen LogP contribution in [-0.4, -0.2) is 27.6 Å². The zero-order valence-corrected chi connectivity index (χ0v) is 10.1. The number of hydrogen-bond acceptors (Lipinski definition) is 4. The van der Waals surface area contributed by atoms with Crippen molar-refractivity contribution >= 4 is 5.82 Å². The zero-order valence-electron chi connectivity index (χ0n) is 10.1. The Hall–Kier alpha value is -1.43. The normalized spacial score (nSPS) is 13.1. The van der Waals surface area contributed by atoms with Gasteiger partial charge in [-0.25, -0.2) is 0 Å². The summed E-state index contributed by atoms with van der Waals surface area (Å²) in [7, 11) is 3.65. The fourth-order valence-corrected chi connectivity index (χ4v) is 1.71. The Balaban J connectivity index is 2.94. The molecule has 0 aliphatic heterocycles. The molecule has 0 aromatic carbocycles. The van der Waals surface area contributed by atoms with Crippen molar-refractivity contribution in [3.05, 3.63) is 22.1 Å². The van der Waals surface area contributed by atoms with E-state index in [1.54, 1.807) is 11.6 Å². The number of hydrogen-bond donors (Lipinski definition) is 1. The van der Waals surface area contributed by atoms with Gasteiger partial charge in [-0.05, 0) is 22.9 Å². The summed E-state index contributed by atoms with van der Waals surface area (Å²) < 4.78 is 1.71. The average Bonchev–Trinajstić information content (AvgIpc) is 2.56. The van der Waals surface area contributed by atoms with Gasteiger partial charge in [-0.15, -0.1) is 0 Å². The third kappa shape index (κ3) is 2.57. The van der Waals surface area contributed by atoms with Crippen LogP contribution in [0.1, 0.15) is 19.5 Å². The maximum atomic E-state index is 10.8. The molecule has 6 nitrogen and oxygen atoms in total. The van der Waals surface area contributed by atoms with Gasteiger partial charge in [0.2, 0.25) is 6.33 Å². The summed E-state index contributed by atoms with van der Waals surface area (Å²) in [5.41, 5.74) is 0.665. The van der Waals surface area contributed by atoms with E-state index in [2.05, 4.69) is 24.1 Å². The van der Waals surface area contributed by atoms with Crippen molar-refractivity contribution in [2.24, 2.45) is 13.0 Å². The molecule has 0 aliphatic rings. The second-order valence-corrected chi connectivity index (χ2v) is 4.23. The maximum Gasteiger partial charge on any atom is 0.384 e. The molecule has 1 aromatic rings. The van der Waals surface area contributed by atoms with Crippen molar-refractivity contribution in [1.82, 2.24) is 14.9 Å². The molecule has 1 atom stereocenters. The summed E-state index contributed by atoms with van der Waals surface area (Å²) in [6, 6.07) is 0.217. The highest BCUT2D eigenvalue weighted by atomic mass is 16.6. The van der Waals surface area contributed by atoms with Gasteiger partial charge < -0.3 is 20.0 Å². The van der Waals surface area contributed by atoms with Gasteiger partial charge in [0.1, 0.15) is 5.69 Å². The number of nitrogens with zero attached hydrogens (tertiary/aromatic N) is 3. The minimum absolute atomic E-state index is 0.0385. The fourth-order valence-electron chi connectivity index (χ4n) is 1.71. The predicted molar refractivity (Wildman–Crippen MR) is 61.3 cm³/mol. The number of aromatic nitrogens is 2. The molecule has 0 amide bonds. The standard InChI is InChI=1S/C10H18N4O2/c1-7(2)8(11-3)5-9-10(14(15)16)12-6-13(9)4/h6-8,11H,5H2,1-4H3. The van der Waals surface area contributed by atoms with E-state index in [0.717, 1.165) is 0 Å². The molecule has 0 saturated heterocycles. The second-order valence-electron chi connectivity index (χ2n) is 4.23. The zero-order chi connectivity index (χ0) is 12.3. The first kappa shape index (κ1) is 12.6. The van der Waals surface area contributed by atoms with Crippen LogP contribution in [0.5, 0.6) is 0 Å². The number of likely N-dealkylation sites (N-methyl/N-ethyl adjacent to an activating group) is 1. The van der Waals surface area contributed by atoms with Gasteiger partial charge in [-0.3, -0.25) is 0 Å². The molecule has 0 fully saturated rings.